The second kappa shape index (κ2) is 5.32. The third kappa shape index (κ3) is 2.20. The molecule has 90 valence electrons. The van der Waals surface area contributed by atoms with Crippen molar-refractivity contribution in [1.82, 2.24) is 10.5 Å². The van der Waals surface area contributed by atoms with Crippen LogP contribution in [0.15, 0.2) is 4.52 Å². The summed E-state index contributed by atoms with van der Waals surface area (Å²) in [6.45, 7) is 3.24. The third-order valence-corrected chi connectivity index (χ3v) is 2.80. The Morgan fingerprint density at radius 3 is 3.25 bits per heavy atom. The molecule has 0 saturated carbocycles. The number of hydrogen-bond acceptors (Lipinski definition) is 5. The van der Waals surface area contributed by atoms with E-state index in [2.05, 4.69) is 10.5 Å². The molecule has 5 nitrogen and oxygen atoms in total. The molecule has 1 aromatic rings. The first kappa shape index (κ1) is 11.4. The van der Waals surface area contributed by atoms with Gasteiger partial charge in [0.2, 0.25) is 0 Å². The number of aliphatic hydroxyl groups is 1. The van der Waals surface area contributed by atoms with E-state index in [0.717, 1.165) is 30.6 Å². The number of hydrogen-bond donors (Lipinski definition) is 2. The highest BCUT2D eigenvalue weighted by atomic mass is 16.5. The number of fused-ring (bicyclic) bond motifs is 1. The van der Waals surface area contributed by atoms with Crippen LogP contribution < -0.4 is 10.1 Å². The van der Waals surface area contributed by atoms with Crippen LogP contribution in [0.25, 0.3) is 0 Å². The quantitative estimate of drug-likeness (QED) is 0.785. The van der Waals surface area contributed by atoms with E-state index in [1.165, 1.54) is 0 Å². The zero-order chi connectivity index (χ0) is 11.4. The summed E-state index contributed by atoms with van der Waals surface area (Å²) in [6, 6.07) is 0.198. The topological polar surface area (TPSA) is 67.5 Å². The van der Waals surface area contributed by atoms with Crippen molar-refractivity contribution in [3.8, 4) is 5.88 Å². The number of rotatable bonds is 5. The minimum absolute atomic E-state index is 0.140. The van der Waals surface area contributed by atoms with E-state index in [9.17, 15) is 0 Å². The van der Waals surface area contributed by atoms with Gasteiger partial charge in [0.15, 0.2) is 0 Å². The number of aryl methyl sites for hydroxylation is 1. The minimum Gasteiger partial charge on any atom is -0.476 e. The molecule has 0 fully saturated rings. The first-order valence-electron chi connectivity index (χ1n) is 5.82. The predicted molar refractivity (Wildman–Crippen MR) is 58.4 cm³/mol. The van der Waals surface area contributed by atoms with Gasteiger partial charge >= 0.3 is 0 Å². The van der Waals surface area contributed by atoms with Gasteiger partial charge in [-0.1, -0.05) is 0 Å². The van der Waals surface area contributed by atoms with Crippen LogP contribution in [0.5, 0.6) is 5.88 Å². The average Bonchev–Trinajstić information content (AvgIpc) is 2.71. The maximum atomic E-state index is 8.84. The standard InChI is InChI=1S/C11H18N2O3/c1-2-15-11-10-8(12-6-7-14)4-3-5-9(10)16-13-11/h8,12,14H,2-7H2,1H3/t8-/m1/s1. The van der Waals surface area contributed by atoms with Crippen LogP contribution in [-0.2, 0) is 6.42 Å². The molecule has 0 radical (unpaired) electrons. The largest absolute Gasteiger partial charge is 0.476 e. The van der Waals surface area contributed by atoms with Gasteiger partial charge in [0.1, 0.15) is 5.76 Å². The number of nitrogens with one attached hydrogen (secondary N) is 1. The summed E-state index contributed by atoms with van der Waals surface area (Å²) in [4.78, 5) is 0. The van der Waals surface area contributed by atoms with Gasteiger partial charge in [0, 0.05) is 19.0 Å². The van der Waals surface area contributed by atoms with Crippen LogP contribution >= 0.6 is 0 Å². The lowest BCUT2D eigenvalue weighted by Crippen LogP contribution is -2.27. The molecule has 1 heterocycles. The van der Waals surface area contributed by atoms with Crippen LogP contribution in [0.1, 0.15) is 37.1 Å². The predicted octanol–water partition coefficient (Wildman–Crippen LogP) is 1.03. The van der Waals surface area contributed by atoms with Crippen molar-refractivity contribution in [1.29, 1.82) is 0 Å². The fourth-order valence-corrected chi connectivity index (χ4v) is 2.13. The fourth-order valence-electron chi connectivity index (χ4n) is 2.13. The molecule has 0 aromatic carbocycles. The number of aromatic nitrogens is 1. The molecular weight excluding hydrogens is 208 g/mol. The molecule has 0 saturated heterocycles. The second-order valence-electron chi connectivity index (χ2n) is 3.88. The van der Waals surface area contributed by atoms with E-state index in [0.29, 0.717) is 19.0 Å². The van der Waals surface area contributed by atoms with Gasteiger partial charge in [-0.15, -0.1) is 0 Å². The van der Waals surface area contributed by atoms with E-state index < -0.39 is 0 Å². The average molecular weight is 226 g/mol. The lowest BCUT2D eigenvalue weighted by Gasteiger charge is -2.22. The van der Waals surface area contributed by atoms with Gasteiger partial charge in [-0.3, -0.25) is 0 Å². The zero-order valence-electron chi connectivity index (χ0n) is 9.53. The van der Waals surface area contributed by atoms with Crippen LogP contribution in [0.2, 0.25) is 0 Å². The van der Waals surface area contributed by atoms with Crippen LogP contribution in [0.4, 0.5) is 0 Å². The maximum absolute atomic E-state index is 8.84. The van der Waals surface area contributed by atoms with Crippen molar-refractivity contribution in [3.05, 3.63) is 11.3 Å². The Labute approximate surface area is 94.8 Å². The van der Waals surface area contributed by atoms with E-state index in [1.807, 2.05) is 6.92 Å². The molecular formula is C11H18N2O3. The molecule has 16 heavy (non-hydrogen) atoms. The maximum Gasteiger partial charge on any atom is 0.259 e. The minimum atomic E-state index is 0.140. The molecule has 1 atom stereocenters. The summed E-state index contributed by atoms with van der Waals surface area (Å²) in [5.74, 6) is 1.53. The first-order valence-corrected chi connectivity index (χ1v) is 5.82. The Hall–Kier alpha value is -1.07. The van der Waals surface area contributed by atoms with Gasteiger partial charge in [-0.2, -0.15) is 0 Å². The fraction of sp³-hybridized carbons (Fsp3) is 0.727. The Bertz CT molecular complexity index is 338. The Morgan fingerprint density at radius 1 is 1.62 bits per heavy atom. The van der Waals surface area contributed by atoms with Crippen molar-refractivity contribution >= 4 is 0 Å². The van der Waals surface area contributed by atoms with Crippen LogP contribution in [0.3, 0.4) is 0 Å². The molecule has 1 aliphatic carbocycles. The molecule has 1 aliphatic rings. The molecule has 5 heteroatoms. The SMILES string of the molecule is CCOc1noc2c1[C@H](NCCO)CCC2. The molecule has 0 spiro atoms. The van der Waals surface area contributed by atoms with Gasteiger partial charge < -0.3 is 19.7 Å². The summed E-state index contributed by atoms with van der Waals surface area (Å²) in [5, 5.41) is 16.1. The van der Waals surface area contributed by atoms with Crippen molar-refractivity contribution in [2.75, 3.05) is 19.8 Å². The summed E-state index contributed by atoms with van der Waals surface area (Å²) in [5.41, 5.74) is 1.04. The lowest BCUT2D eigenvalue weighted by atomic mass is 9.93. The molecule has 1 aromatic heterocycles. The Kier molecular flexibility index (Phi) is 3.79. The van der Waals surface area contributed by atoms with Crippen molar-refractivity contribution in [2.24, 2.45) is 0 Å². The van der Waals surface area contributed by atoms with E-state index in [1.54, 1.807) is 0 Å². The van der Waals surface area contributed by atoms with Crippen molar-refractivity contribution < 1.29 is 14.4 Å². The summed E-state index contributed by atoms with van der Waals surface area (Å²) >= 11 is 0. The molecule has 0 bridgehead atoms. The smallest absolute Gasteiger partial charge is 0.259 e. The van der Waals surface area contributed by atoms with Gasteiger partial charge in [-0.25, -0.2) is 0 Å². The Morgan fingerprint density at radius 2 is 2.50 bits per heavy atom. The Balaban J connectivity index is 2.17. The highest BCUT2D eigenvalue weighted by molar-refractivity contribution is 5.33. The number of aliphatic hydroxyl groups excluding tert-OH is 1. The molecule has 0 unspecified atom stereocenters. The van der Waals surface area contributed by atoms with E-state index in [-0.39, 0.29) is 12.6 Å². The molecule has 2 N–H and O–H groups in total. The summed E-state index contributed by atoms with van der Waals surface area (Å²) < 4.78 is 10.7. The summed E-state index contributed by atoms with van der Waals surface area (Å²) in [7, 11) is 0. The molecule has 0 amide bonds. The molecule has 2 rings (SSSR count). The molecule has 0 aliphatic heterocycles. The van der Waals surface area contributed by atoms with E-state index in [4.69, 9.17) is 14.4 Å². The van der Waals surface area contributed by atoms with E-state index >= 15 is 0 Å². The van der Waals surface area contributed by atoms with Crippen molar-refractivity contribution in [2.45, 2.75) is 32.2 Å². The lowest BCUT2D eigenvalue weighted by molar-refractivity contribution is 0.276. The van der Waals surface area contributed by atoms with Crippen LogP contribution in [0, 0.1) is 0 Å². The monoisotopic (exact) mass is 226 g/mol. The number of ether oxygens (including phenoxy) is 1. The van der Waals surface area contributed by atoms with Gasteiger partial charge in [-0.05, 0) is 24.9 Å². The second-order valence-corrected chi connectivity index (χ2v) is 3.88. The van der Waals surface area contributed by atoms with Crippen molar-refractivity contribution in [3.63, 3.8) is 0 Å². The number of nitrogens with zero attached hydrogens (tertiary/aromatic N) is 1. The highest BCUT2D eigenvalue weighted by Gasteiger charge is 2.28. The van der Waals surface area contributed by atoms with Crippen LogP contribution in [-0.4, -0.2) is 30.0 Å². The van der Waals surface area contributed by atoms with Gasteiger partial charge in [0.05, 0.1) is 18.8 Å². The highest BCUT2D eigenvalue weighted by Crippen LogP contribution is 2.36. The first-order chi connectivity index (χ1) is 7.86. The summed E-state index contributed by atoms with van der Waals surface area (Å²) in [6.07, 6.45) is 3.04. The zero-order valence-corrected chi connectivity index (χ0v) is 9.53. The third-order valence-electron chi connectivity index (χ3n) is 2.80. The van der Waals surface area contributed by atoms with Gasteiger partial charge in [0.25, 0.3) is 5.88 Å². The normalized spacial score (nSPS) is 19.5.